The van der Waals surface area contributed by atoms with Crippen LogP contribution in [0.15, 0.2) is 12.4 Å². The molecule has 2 N–H and O–H groups in total. The third-order valence-corrected chi connectivity index (χ3v) is 2.77. The summed E-state index contributed by atoms with van der Waals surface area (Å²) < 4.78 is 5.52. The number of hydrogen-bond donors (Lipinski definition) is 1. The van der Waals surface area contributed by atoms with Gasteiger partial charge in [-0.1, -0.05) is 6.42 Å². The molecule has 0 aromatic carbocycles. The van der Waals surface area contributed by atoms with Crippen molar-refractivity contribution in [3.63, 3.8) is 0 Å². The van der Waals surface area contributed by atoms with Crippen LogP contribution in [0.5, 0.6) is 5.88 Å². The van der Waals surface area contributed by atoms with Gasteiger partial charge in [-0.2, -0.15) is 0 Å². The first-order valence-corrected chi connectivity index (χ1v) is 5.77. The van der Waals surface area contributed by atoms with Crippen LogP contribution in [0.25, 0.3) is 0 Å². The van der Waals surface area contributed by atoms with Crippen LogP contribution in [0.1, 0.15) is 19.3 Å². The average Bonchev–Trinajstić information content (AvgIpc) is 2.30. The van der Waals surface area contributed by atoms with E-state index in [0.29, 0.717) is 18.3 Å². The van der Waals surface area contributed by atoms with Gasteiger partial charge in [-0.25, -0.2) is 9.97 Å². The predicted octanol–water partition coefficient (Wildman–Crippen LogP) is 0.923. The first kappa shape index (κ1) is 11.1. The van der Waals surface area contributed by atoms with Crippen LogP contribution < -0.4 is 10.5 Å². The summed E-state index contributed by atoms with van der Waals surface area (Å²) in [6.45, 7) is 4.00. The third kappa shape index (κ3) is 3.34. The van der Waals surface area contributed by atoms with Gasteiger partial charge in [0.05, 0.1) is 0 Å². The van der Waals surface area contributed by atoms with Gasteiger partial charge in [-0.3, -0.25) is 4.90 Å². The van der Waals surface area contributed by atoms with Crippen LogP contribution in [0.2, 0.25) is 0 Å². The van der Waals surface area contributed by atoms with Gasteiger partial charge >= 0.3 is 0 Å². The van der Waals surface area contributed by atoms with Gasteiger partial charge in [0.25, 0.3) is 0 Å². The van der Waals surface area contributed by atoms with E-state index in [0.717, 1.165) is 6.54 Å². The smallest absolute Gasteiger partial charge is 0.218 e. The van der Waals surface area contributed by atoms with Crippen molar-refractivity contribution in [2.75, 3.05) is 32.0 Å². The zero-order chi connectivity index (χ0) is 11.2. The fourth-order valence-electron chi connectivity index (χ4n) is 1.89. The topological polar surface area (TPSA) is 64.3 Å². The monoisotopic (exact) mass is 222 g/mol. The van der Waals surface area contributed by atoms with Crippen LogP contribution in [-0.4, -0.2) is 41.1 Å². The van der Waals surface area contributed by atoms with E-state index in [1.807, 2.05) is 0 Å². The molecule has 0 bridgehead atoms. The summed E-state index contributed by atoms with van der Waals surface area (Å²) in [7, 11) is 0. The molecule has 5 nitrogen and oxygen atoms in total. The lowest BCUT2D eigenvalue weighted by Gasteiger charge is -2.25. The number of anilines is 1. The van der Waals surface area contributed by atoms with E-state index in [9.17, 15) is 0 Å². The number of rotatable bonds is 4. The van der Waals surface area contributed by atoms with E-state index < -0.39 is 0 Å². The number of hydrogen-bond acceptors (Lipinski definition) is 5. The maximum absolute atomic E-state index is 5.53. The molecule has 0 saturated carbocycles. The lowest BCUT2D eigenvalue weighted by molar-refractivity contribution is 0.180. The summed E-state index contributed by atoms with van der Waals surface area (Å²) in [6, 6.07) is 1.65. The lowest BCUT2D eigenvalue weighted by Crippen LogP contribution is -2.33. The molecule has 2 heterocycles. The van der Waals surface area contributed by atoms with Crippen molar-refractivity contribution in [3.05, 3.63) is 12.4 Å². The molecule has 0 radical (unpaired) electrons. The highest BCUT2D eigenvalue weighted by Crippen LogP contribution is 2.10. The molecule has 0 unspecified atom stereocenters. The van der Waals surface area contributed by atoms with E-state index in [1.165, 1.54) is 38.7 Å². The summed E-state index contributed by atoms with van der Waals surface area (Å²) in [5, 5.41) is 0. The van der Waals surface area contributed by atoms with Crippen molar-refractivity contribution in [1.29, 1.82) is 0 Å². The van der Waals surface area contributed by atoms with E-state index >= 15 is 0 Å². The molecule has 88 valence electrons. The highest BCUT2D eigenvalue weighted by Gasteiger charge is 2.09. The number of piperidine rings is 1. The van der Waals surface area contributed by atoms with E-state index in [4.69, 9.17) is 10.5 Å². The Morgan fingerprint density at radius 3 is 2.81 bits per heavy atom. The highest BCUT2D eigenvalue weighted by atomic mass is 16.5. The van der Waals surface area contributed by atoms with Gasteiger partial charge in [0, 0.05) is 12.6 Å². The van der Waals surface area contributed by atoms with Crippen LogP contribution >= 0.6 is 0 Å². The van der Waals surface area contributed by atoms with Gasteiger partial charge in [0.15, 0.2) is 0 Å². The van der Waals surface area contributed by atoms with Crippen LogP contribution in [0.4, 0.5) is 5.82 Å². The van der Waals surface area contributed by atoms with Crippen LogP contribution in [-0.2, 0) is 0 Å². The number of aromatic nitrogens is 2. The zero-order valence-corrected chi connectivity index (χ0v) is 9.43. The van der Waals surface area contributed by atoms with E-state index in [2.05, 4.69) is 14.9 Å². The quantitative estimate of drug-likeness (QED) is 0.820. The maximum atomic E-state index is 5.53. The standard InChI is InChI=1S/C11H18N4O/c12-10-8-11(14-9-13-10)16-7-6-15-4-2-1-3-5-15/h8-9H,1-7H2,(H2,12,13,14). The molecule has 1 saturated heterocycles. The van der Waals surface area contributed by atoms with Gasteiger partial charge in [-0.15, -0.1) is 0 Å². The maximum Gasteiger partial charge on any atom is 0.218 e. The summed E-state index contributed by atoms with van der Waals surface area (Å²) in [4.78, 5) is 10.2. The number of nitrogens with zero attached hydrogens (tertiary/aromatic N) is 3. The van der Waals surface area contributed by atoms with Gasteiger partial charge in [0.2, 0.25) is 5.88 Å². The Balaban J connectivity index is 1.71. The minimum atomic E-state index is 0.447. The lowest BCUT2D eigenvalue weighted by atomic mass is 10.1. The van der Waals surface area contributed by atoms with E-state index in [1.54, 1.807) is 6.07 Å². The predicted molar refractivity (Wildman–Crippen MR) is 62.2 cm³/mol. The molecule has 0 atom stereocenters. The molecule has 0 amide bonds. The second kappa shape index (κ2) is 5.65. The molecule has 0 aliphatic carbocycles. The van der Waals surface area contributed by atoms with Crippen LogP contribution in [0, 0.1) is 0 Å². The summed E-state index contributed by atoms with van der Waals surface area (Å²) in [6.07, 6.45) is 5.40. The number of likely N-dealkylation sites (tertiary alicyclic amines) is 1. The Kier molecular flexibility index (Phi) is 3.93. The second-order valence-electron chi connectivity index (χ2n) is 4.03. The Hall–Kier alpha value is -1.36. The third-order valence-electron chi connectivity index (χ3n) is 2.77. The molecule has 1 aromatic heterocycles. The first-order chi connectivity index (χ1) is 7.84. The molecule has 16 heavy (non-hydrogen) atoms. The van der Waals surface area contributed by atoms with Crippen molar-refractivity contribution in [2.24, 2.45) is 0 Å². The van der Waals surface area contributed by atoms with Crippen LogP contribution in [0.3, 0.4) is 0 Å². The van der Waals surface area contributed by atoms with Crippen molar-refractivity contribution < 1.29 is 4.74 Å². The van der Waals surface area contributed by atoms with Crippen molar-refractivity contribution in [3.8, 4) is 5.88 Å². The molecular weight excluding hydrogens is 204 g/mol. The van der Waals surface area contributed by atoms with Crippen molar-refractivity contribution in [2.45, 2.75) is 19.3 Å². The summed E-state index contributed by atoms with van der Waals surface area (Å²) in [5.74, 6) is 1.01. The Morgan fingerprint density at radius 2 is 2.06 bits per heavy atom. The first-order valence-electron chi connectivity index (χ1n) is 5.77. The Morgan fingerprint density at radius 1 is 1.25 bits per heavy atom. The molecule has 5 heteroatoms. The van der Waals surface area contributed by atoms with E-state index in [-0.39, 0.29) is 0 Å². The minimum absolute atomic E-state index is 0.447. The molecule has 0 spiro atoms. The summed E-state index contributed by atoms with van der Waals surface area (Å²) >= 11 is 0. The Labute approximate surface area is 95.6 Å². The number of nitrogens with two attached hydrogens (primary N) is 1. The fourth-order valence-corrected chi connectivity index (χ4v) is 1.89. The van der Waals surface area contributed by atoms with Crippen molar-refractivity contribution >= 4 is 5.82 Å². The number of nitrogen functional groups attached to an aromatic ring is 1. The SMILES string of the molecule is Nc1cc(OCCN2CCCCC2)ncn1. The zero-order valence-electron chi connectivity index (χ0n) is 9.43. The molecule has 1 aliphatic rings. The van der Waals surface area contributed by atoms with Gasteiger partial charge < -0.3 is 10.5 Å². The molecule has 1 aliphatic heterocycles. The van der Waals surface area contributed by atoms with Gasteiger partial charge in [-0.05, 0) is 25.9 Å². The second-order valence-corrected chi connectivity index (χ2v) is 4.03. The van der Waals surface area contributed by atoms with Gasteiger partial charge in [0.1, 0.15) is 18.8 Å². The Bertz CT molecular complexity index is 326. The highest BCUT2D eigenvalue weighted by molar-refractivity contribution is 5.30. The molecule has 1 fully saturated rings. The molecular formula is C11H18N4O. The number of ether oxygens (including phenoxy) is 1. The molecule has 1 aromatic rings. The van der Waals surface area contributed by atoms with Crippen molar-refractivity contribution in [1.82, 2.24) is 14.9 Å². The average molecular weight is 222 g/mol. The largest absolute Gasteiger partial charge is 0.476 e. The molecule has 2 rings (SSSR count). The normalized spacial score (nSPS) is 17.2. The minimum Gasteiger partial charge on any atom is -0.476 e. The summed E-state index contributed by atoms with van der Waals surface area (Å²) in [5.41, 5.74) is 5.53. The fraction of sp³-hybridized carbons (Fsp3) is 0.636.